The fourth-order valence-electron chi connectivity index (χ4n) is 2.02. The zero-order valence-electron chi connectivity index (χ0n) is 11.9. The predicted molar refractivity (Wildman–Crippen MR) is 75.0 cm³/mol. The largest absolute Gasteiger partial charge is 0.408 e. The van der Waals surface area contributed by atoms with Crippen LogP contribution in [0.2, 0.25) is 0 Å². The zero-order valence-corrected chi connectivity index (χ0v) is 11.9. The number of nitrogens with zero attached hydrogens (tertiary/aromatic N) is 2. The molecule has 0 aliphatic heterocycles. The first-order chi connectivity index (χ1) is 10.4. The van der Waals surface area contributed by atoms with Gasteiger partial charge in [-0.1, -0.05) is 37.3 Å². The Morgan fingerprint density at radius 3 is 2.41 bits per heavy atom. The highest BCUT2D eigenvalue weighted by Gasteiger charge is 2.40. The summed E-state index contributed by atoms with van der Waals surface area (Å²) in [6, 6.07) is 6.29. The SMILES string of the molecule is CCc1ncnc(NC(Cc2ccccc2)C(F)(F)F)c1F. The second kappa shape index (κ2) is 6.72. The number of rotatable bonds is 5. The molecular formula is C15H15F4N3. The number of aryl methyl sites for hydroxylation is 1. The van der Waals surface area contributed by atoms with Crippen LogP contribution in [0.5, 0.6) is 0 Å². The predicted octanol–water partition coefficient (Wildman–Crippen LogP) is 3.76. The fraction of sp³-hybridized carbons (Fsp3) is 0.333. The molecule has 1 aromatic carbocycles. The van der Waals surface area contributed by atoms with Gasteiger partial charge in [0.25, 0.3) is 0 Å². The van der Waals surface area contributed by atoms with Crippen molar-refractivity contribution in [1.29, 1.82) is 0 Å². The summed E-state index contributed by atoms with van der Waals surface area (Å²) in [7, 11) is 0. The minimum absolute atomic E-state index is 0.0816. The molecule has 0 radical (unpaired) electrons. The first kappa shape index (κ1) is 16.2. The normalized spacial score (nSPS) is 13.0. The highest BCUT2D eigenvalue weighted by Crippen LogP contribution is 2.27. The summed E-state index contributed by atoms with van der Waals surface area (Å²) in [4.78, 5) is 7.29. The third-order valence-electron chi connectivity index (χ3n) is 3.19. The third-order valence-corrected chi connectivity index (χ3v) is 3.19. The number of hydrogen-bond acceptors (Lipinski definition) is 3. The topological polar surface area (TPSA) is 37.8 Å². The lowest BCUT2D eigenvalue weighted by Crippen LogP contribution is -2.38. The van der Waals surface area contributed by atoms with E-state index >= 15 is 0 Å². The molecule has 1 atom stereocenters. The van der Waals surface area contributed by atoms with E-state index in [0.717, 1.165) is 6.33 Å². The Balaban J connectivity index is 2.24. The second-order valence-electron chi connectivity index (χ2n) is 4.76. The molecule has 7 heteroatoms. The van der Waals surface area contributed by atoms with E-state index < -0.39 is 23.9 Å². The first-order valence-corrected chi connectivity index (χ1v) is 6.78. The van der Waals surface area contributed by atoms with Crippen LogP contribution in [0.1, 0.15) is 18.2 Å². The molecule has 0 aliphatic carbocycles. The van der Waals surface area contributed by atoms with Crippen molar-refractivity contribution in [2.45, 2.75) is 32.0 Å². The monoisotopic (exact) mass is 313 g/mol. The van der Waals surface area contributed by atoms with Gasteiger partial charge in [0.15, 0.2) is 11.6 Å². The molecule has 3 nitrogen and oxygen atoms in total. The summed E-state index contributed by atoms with van der Waals surface area (Å²) in [6.07, 6.45) is -3.51. The third kappa shape index (κ3) is 3.93. The molecule has 0 saturated carbocycles. The molecule has 0 bridgehead atoms. The van der Waals surface area contributed by atoms with E-state index in [1.165, 1.54) is 0 Å². The first-order valence-electron chi connectivity index (χ1n) is 6.78. The van der Waals surface area contributed by atoms with E-state index in [1.807, 2.05) is 0 Å². The van der Waals surface area contributed by atoms with Gasteiger partial charge in [0.05, 0.1) is 5.69 Å². The molecule has 22 heavy (non-hydrogen) atoms. The van der Waals surface area contributed by atoms with E-state index in [9.17, 15) is 17.6 Å². The summed E-state index contributed by atoms with van der Waals surface area (Å²) in [6.45, 7) is 1.67. The van der Waals surface area contributed by atoms with Gasteiger partial charge in [0, 0.05) is 6.42 Å². The Kier molecular flexibility index (Phi) is 4.95. The molecule has 0 aliphatic rings. The lowest BCUT2D eigenvalue weighted by atomic mass is 10.1. The van der Waals surface area contributed by atoms with Crippen LogP contribution in [0, 0.1) is 5.82 Å². The summed E-state index contributed by atoms with van der Waals surface area (Å²) in [5.74, 6) is -1.27. The second-order valence-corrected chi connectivity index (χ2v) is 4.76. The van der Waals surface area contributed by atoms with Crippen LogP contribution in [-0.2, 0) is 12.8 Å². The minimum Gasteiger partial charge on any atom is -0.356 e. The number of benzene rings is 1. The number of alkyl halides is 3. The van der Waals surface area contributed by atoms with Gasteiger partial charge in [-0.25, -0.2) is 14.4 Å². The van der Waals surface area contributed by atoms with Gasteiger partial charge >= 0.3 is 6.18 Å². The maximum absolute atomic E-state index is 14.0. The molecule has 1 aromatic heterocycles. The maximum atomic E-state index is 14.0. The van der Waals surface area contributed by atoms with E-state index in [2.05, 4.69) is 15.3 Å². The molecule has 0 saturated heterocycles. The summed E-state index contributed by atoms with van der Waals surface area (Å²) < 4.78 is 53.5. The van der Waals surface area contributed by atoms with Crippen molar-refractivity contribution in [3.63, 3.8) is 0 Å². The molecule has 1 N–H and O–H groups in total. The fourth-order valence-corrected chi connectivity index (χ4v) is 2.02. The Labute approximate surface area is 125 Å². The van der Waals surface area contributed by atoms with Crippen LogP contribution >= 0.6 is 0 Å². The highest BCUT2D eigenvalue weighted by molar-refractivity contribution is 5.39. The van der Waals surface area contributed by atoms with Crippen molar-refractivity contribution in [2.75, 3.05) is 5.32 Å². The molecule has 0 fully saturated rings. The molecule has 2 aromatic rings. The number of halogens is 4. The van der Waals surface area contributed by atoms with E-state index in [-0.39, 0.29) is 18.5 Å². The number of nitrogens with one attached hydrogen (secondary N) is 1. The lowest BCUT2D eigenvalue weighted by Gasteiger charge is -2.22. The Morgan fingerprint density at radius 2 is 1.82 bits per heavy atom. The van der Waals surface area contributed by atoms with Crippen LogP contribution in [0.3, 0.4) is 0 Å². The van der Waals surface area contributed by atoms with Gasteiger partial charge < -0.3 is 5.32 Å². The average molecular weight is 313 g/mol. The quantitative estimate of drug-likeness (QED) is 0.854. The summed E-state index contributed by atoms with van der Waals surface area (Å²) in [5, 5.41) is 2.16. The number of anilines is 1. The van der Waals surface area contributed by atoms with Crippen LogP contribution in [0.4, 0.5) is 23.4 Å². The van der Waals surface area contributed by atoms with Crippen molar-refractivity contribution >= 4 is 5.82 Å². The van der Waals surface area contributed by atoms with Gasteiger partial charge in [-0.3, -0.25) is 0 Å². The minimum atomic E-state index is -4.53. The Bertz CT molecular complexity index is 614. The number of aromatic nitrogens is 2. The van der Waals surface area contributed by atoms with Gasteiger partial charge in [-0.2, -0.15) is 13.2 Å². The molecule has 2 rings (SSSR count). The van der Waals surface area contributed by atoms with Crippen molar-refractivity contribution in [3.05, 3.63) is 53.7 Å². The van der Waals surface area contributed by atoms with E-state index in [1.54, 1.807) is 37.3 Å². The van der Waals surface area contributed by atoms with Crippen LogP contribution in [-0.4, -0.2) is 22.2 Å². The van der Waals surface area contributed by atoms with Crippen molar-refractivity contribution in [3.8, 4) is 0 Å². The average Bonchev–Trinajstić information content (AvgIpc) is 2.48. The molecule has 118 valence electrons. The van der Waals surface area contributed by atoms with Crippen LogP contribution < -0.4 is 5.32 Å². The van der Waals surface area contributed by atoms with Crippen molar-refractivity contribution in [2.24, 2.45) is 0 Å². The smallest absolute Gasteiger partial charge is 0.356 e. The van der Waals surface area contributed by atoms with Gasteiger partial charge in [-0.15, -0.1) is 0 Å². The van der Waals surface area contributed by atoms with E-state index in [0.29, 0.717) is 5.56 Å². The van der Waals surface area contributed by atoms with Crippen LogP contribution in [0.25, 0.3) is 0 Å². The molecule has 0 spiro atoms. The standard InChI is InChI=1S/C15H15F4N3/c1-2-11-13(16)14(21-9-20-11)22-12(15(17,18)19)8-10-6-4-3-5-7-10/h3-7,9,12H,2,8H2,1H3,(H,20,21,22). The Hall–Kier alpha value is -2.18. The molecular weight excluding hydrogens is 298 g/mol. The lowest BCUT2D eigenvalue weighted by molar-refractivity contribution is -0.142. The molecule has 0 amide bonds. The number of hydrogen-bond donors (Lipinski definition) is 1. The van der Waals surface area contributed by atoms with Crippen molar-refractivity contribution in [1.82, 2.24) is 9.97 Å². The Morgan fingerprint density at radius 1 is 1.14 bits per heavy atom. The summed E-state index contributed by atoms with van der Waals surface area (Å²) in [5.41, 5.74) is 0.584. The molecule has 1 unspecified atom stereocenters. The summed E-state index contributed by atoms with van der Waals surface area (Å²) >= 11 is 0. The van der Waals surface area contributed by atoms with Gasteiger partial charge in [0.1, 0.15) is 12.4 Å². The van der Waals surface area contributed by atoms with E-state index in [4.69, 9.17) is 0 Å². The maximum Gasteiger partial charge on any atom is 0.408 e. The highest BCUT2D eigenvalue weighted by atomic mass is 19.4. The van der Waals surface area contributed by atoms with Gasteiger partial charge in [-0.05, 0) is 12.0 Å². The van der Waals surface area contributed by atoms with Gasteiger partial charge in [0.2, 0.25) is 0 Å². The van der Waals surface area contributed by atoms with Crippen molar-refractivity contribution < 1.29 is 17.6 Å². The molecule has 1 heterocycles. The zero-order chi connectivity index (χ0) is 16.2. The van der Waals surface area contributed by atoms with Crippen LogP contribution in [0.15, 0.2) is 36.7 Å².